The van der Waals surface area contributed by atoms with E-state index >= 15 is 0 Å². The van der Waals surface area contributed by atoms with Crippen molar-refractivity contribution in [2.45, 2.75) is 0 Å². The molecular formula is C7H5F2N. The number of rotatable bonds is 1. The van der Waals surface area contributed by atoms with Gasteiger partial charge in [0.15, 0.2) is 0 Å². The van der Waals surface area contributed by atoms with Gasteiger partial charge in [0, 0.05) is 6.07 Å². The first kappa shape index (κ1) is 6.86. The molecule has 52 valence electrons. The van der Waals surface area contributed by atoms with Gasteiger partial charge in [0.1, 0.15) is 5.82 Å². The highest BCUT2D eigenvalue weighted by Gasteiger charge is 1.96. The lowest BCUT2D eigenvalue weighted by molar-refractivity contribution is 0.551. The second-order valence-corrected chi connectivity index (χ2v) is 1.74. The molecule has 1 rings (SSSR count). The minimum Gasteiger partial charge on any atom is -0.220 e. The molecule has 10 heavy (non-hydrogen) atoms. The van der Waals surface area contributed by atoms with Gasteiger partial charge < -0.3 is 0 Å². The maximum Gasteiger partial charge on any atom is 0.216 e. The minimum absolute atomic E-state index is 0.206. The first-order chi connectivity index (χ1) is 4.72. The fourth-order valence-corrected chi connectivity index (χ4v) is 0.589. The first-order valence-electron chi connectivity index (χ1n) is 2.68. The Hall–Kier alpha value is -1.25. The van der Waals surface area contributed by atoms with Crippen LogP contribution in [0.2, 0.25) is 0 Å². The summed E-state index contributed by atoms with van der Waals surface area (Å²) in [6.45, 7) is 3.32. The topological polar surface area (TPSA) is 12.9 Å². The zero-order chi connectivity index (χ0) is 7.56. The number of hydrogen-bond acceptors (Lipinski definition) is 1. The van der Waals surface area contributed by atoms with Crippen molar-refractivity contribution in [2.24, 2.45) is 0 Å². The Balaban J connectivity index is 3.18. The van der Waals surface area contributed by atoms with Crippen molar-refractivity contribution in [1.82, 2.24) is 4.98 Å². The zero-order valence-electron chi connectivity index (χ0n) is 5.14. The summed E-state index contributed by atoms with van der Waals surface area (Å²) in [6.07, 6.45) is 1.28. The molecule has 0 spiro atoms. The summed E-state index contributed by atoms with van der Waals surface area (Å²) < 4.78 is 24.5. The Kier molecular flexibility index (Phi) is 1.76. The predicted molar refractivity (Wildman–Crippen MR) is 34.2 cm³/mol. The van der Waals surface area contributed by atoms with Crippen molar-refractivity contribution in [1.29, 1.82) is 0 Å². The van der Waals surface area contributed by atoms with Crippen LogP contribution in [0.1, 0.15) is 5.69 Å². The van der Waals surface area contributed by atoms with Crippen LogP contribution in [-0.2, 0) is 0 Å². The highest BCUT2D eigenvalue weighted by Crippen LogP contribution is 2.03. The Bertz CT molecular complexity index is 238. The van der Waals surface area contributed by atoms with Gasteiger partial charge in [-0.15, -0.1) is 0 Å². The molecule has 0 aliphatic heterocycles. The molecule has 0 N–H and O–H groups in total. The molecule has 0 aliphatic rings. The Morgan fingerprint density at radius 2 is 2.10 bits per heavy atom. The van der Waals surface area contributed by atoms with Gasteiger partial charge in [-0.2, -0.15) is 4.39 Å². The molecule has 1 heterocycles. The van der Waals surface area contributed by atoms with Gasteiger partial charge in [-0.1, -0.05) is 6.58 Å². The van der Waals surface area contributed by atoms with Crippen LogP contribution in [0, 0.1) is 11.8 Å². The molecule has 0 unspecified atom stereocenters. The summed E-state index contributed by atoms with van der Waals surface area (Å²) in [5, 5.41) is 0. The van der Waals surface area contributed by atoms with Crippen molar-refractivity contribution in [3.8, 4) is 0 Å². The normalized spacial score (nSPS) is 9.40. The molecule has 0 radical (unpaired) electrons. The van der Waals surface area contributed by atoms with Crippen LogP contribution in [0.25, 0.3) is 6.08 Å². The van der Waals surface area contributed by atoms with Crippen molar-refractivity contribution in [3.05, 3.63) is 36.2 Å². The summed E-state index contributed by atoms with van der Waals surface area (Å²) in [4.78, 5) is 3.33. The smallest absolute Gasteiger partial charge is 0.216 e. The van der Waals surface area contributed by atoms with Gasteiger partial charge >= 0.3 is 0 Å². The SMILES string of the molecule is C=Cc1cc(F)cc(F)n1. The quantitative estimate of drug-likeness (QED) is 0.545. The van der Waals surface area contributed by atoms with Gasteiger partial charge in [-0.3, -0.25) is 0 Å². The number of hydrogen-bond donors (Lipinski definition) is 0. The first-order valence-corrected chi connectivity index (χ1v) is 2.68. The van der Waals surface area contributed by atoms with Gasteiger partial charge in [0.25, 0.3) is 0 Å². The van der Waals surface area contributed by atoms with Crippen molar-refractivity contribution in [3.63, 3.8) is 0 Å². The van der Waals surface area contributed by atoms with Crippen molar-refractivity contribution in [2.75, 3.05) is 0 Å². The third kappa shape index (κ3) is 1.37. The third-order valence-electron chi connectivity index (χ3n) is 0.988. The summed E-state index contributed by atoms with van der Waals surface area (Å²) in [6, 6.07) is 1.82. The largest absolute Gasteiger partial charge is 0.220 e. The van der Waals surface area contributed by atoms with Gasteiger partial charge in [0.05, 0.1) is 5.69 Å². The summed E-state index contributed by atoms with van der Waals surface area (Å²) in [7, 11) is 0. The van der Waals surface area contributed by atoms with Crippen LogP contribution in [-0.4, -0.2) is 4.98 Å². The van der Waals surface area contributed by atoms with Crippen LogP contribution in [0.3, 0.4) is 0 Å². The van der Waals surface area contributed by atoms with E-state index in [9.17, 15) is 8.78 Å². The molecule has 0 fully saturated rings. The molecule has 0 saturated carbocycles. The van der Waals surface area contributed by atoms with Crippen molar-refractivity contribution >= 4 is 6.08 Å². The molecule has 0 saturated heterocycles. The molecule has 0 aromatic carbocycles. The van der Waals surface area contributed by atoms with Gasteiger partial charge in [-0.05, 0) is 12.1 Å². The van der Waals surface area contributed by atoms with Crippen molar-refractivity contribution < 1.29 is 8.78 Å². The van der Waals surface area contributed by atoms with Crippen LogP contribution in [0.15, 0.2) is 18.7 Å². The van der Waals surface area contributed by atoms with E-state index < -0.39 is 11.8 Å². The lowest BCUT2D eigenvalue weighted by Gasteiger charge is -1.91. The molecule has 1 aromatic rings. The lowest BCUT2D eigenvalue weighted by atomic mass is 10.3. The highest BCUT2D eigenvalue weighted by molar-refractivity contribution is 5.40. The fourth-order valence-electron chi connectivity index (χ4n) is 0.589. The average molecular weight is 141 g/mol. The van der Waals surface area contributed by atoms with E-state index in [-0.39, 0.29) is 5.69 Å². The second kappa shape index (κ2) is 2.56. The van der Waals surface area contributed by atoms with E-state index in [1.165, 1.54) is 6.08 Å². The Labute approximate surface area is 57.0 Å². The number of pyridine rings is 1. The number of nitrogens with zero attached hydrogens (tertiary/aromatic N) is 1. The average Bonchev–Trinajstić information content (AvgIpc) is 1.85. The summed E-state index contributed by atoms with van der Waals surface area (Å²) >= 11 is 0. The molecule has 0 aliphatic carbocycles. The van der Waals surface area contributed by atoms with Crippen LogP contribution >= 0.6 is 0 Å². The molecule has 0 atom stereocenters. The van der Waals surface area contributed by atoms with E-state index in [1.54, 1.807) is 0 Å². The predicted octanol–water partition coefficient (Wildman–Crippen LogP) is 2.00. The zero-order valence-corrected chi connectivity index (χ0v) is 5.14. The third-order valence-corrected chi connectivity index (χ3v) is 0.988. The maximum atomic E-state index is 12.3. The maximum absolute atomic E-state index is 12.3. The van der Waals surface area contributed by atoms with Crippen LogP contribution < -0.4 is 0 Å². The minimum atomic E-state index is -0.824. The van der Waals surface area contributed by atoms with Gasteiger partial charge in [-0.25, -0.2) is 9.37 Å². The fraction of sp³-hybridized carbons (Fsp3) is 0. The number of aromatic nitrogens is 1. The van der Waals surface area contributed by atoms with E-state index in [4.69, 9.17) is 0 Å². The Morgan fingerprint density at radius 3 is 2.60 bits per heavy atom. The van der Waals surface area contributed by atoms with Crippen LogP contribution in [0.4, 0.5) is 8.78 Å². The molecule has 3 heteroatoms. The molecule has 1 nitrogen and oxygen atoms in total. The molecule has 0 amide bonds. The molecular weight excluding hydrogens is 136 g/mol. The molecule has 0 bridgehead atoms. The van der Waals surface area contributed by atoms with E-state index in [1.807, 2.05) is 0 Å². The molecule has 1 aromatic heterocycles. The van der Waals surface area contributed by atoms with Gasteiger partial charge in [0.2, 0.25) is 5.95 Å². The lowest BCUT2D eigenvalue weighted by Crippen LogP contribution is -1.87. The standard InChI is InChI=1S/C7H5F2N/c1-2-6-3-5(8)4-7(9)10-6/h2-4H,1H2. The van der Waals surface area contributed by atoms with E-state index in [2.05, 4.69) is 11.6 Å². The summed E-state index contributed by atoms with van der Waals surface area (Å²) in [5.41, 5.74) is 0.206. The Morgan fingerprint density at radius 1 is 1.40 bits per heavy atom. The van der Waals surface area contributed by atoms with E-state index in [0.29, 0.717) is 6.07 Å². The summed E-state index contributed by atoms with van der Waals surface area (Å²) in [5.74, 6) is -1.46. The van der Waals surface area contributed by atoms with E-state index in [0.717, 1.165) is 6.07 Å². The van der Waals surface area contributed by atoms with Crippen LogP contribution in [0.5, 0.6) is 0 Å². The monoisotopic (exact) mass is 141 g/mol. The highest BCUT2D eigenvalue weighted by atomic mass is 19.1. The second-order valence-electron chi connectivity index (χ2n) is 1.74. The number of halogens is 2.